The molecule has 0 atom stereocenters. The molecule has 0 fully saturated rings. The number of aryl methyl sites for hydroxylation is 1. The Bertz CT molecular complexity index is 824. The van der Waals surface area contributed by atoms with Crippen molar-refractivity contribution >= 4 is 0 Å². The lowest BCUT2D eigenvalue weighted by molar-refractivity contribution is 0.470. The third-order valence-electron chi connectivity index (χ3n) is 5.63. The second-order valence-electron chi connectivity index (χ2n) is 8.22. The highest BCUT2D eigenvalue weighted by Crippen LogP contribution is 2.20. The molecule has 4 nitrogen and oxygen atoms in total. The Kier molecular flexibility index (Phi) is 9.58. The molecular weight excluding hydrogens is 368 g/mol. The Hall–Kier alpha value is -2.49. The average Bonchev–Trinajstić information content (AvgIpc) is 3.23. The number of tetrazole rings is 1. The molecule has 1 aromatic heterocycles. The molecule has 0 aliphatic carbocycles. The van der Waals surface area contributed by atoms with Crippen molar-refractivity contribution in [3.8, 4) is 11.1 Å². The summed E-state index contributed by atoms with van der Waals surface area (Å²) in [5.41, 5.74) is 3.69. The summed E-state index contributed by atoms with van der Waals surface area (Å²) >= 11 is 0. The number of hydrogen-bond donors (Lipinski definition) is 0. The van der Waals surface area contributed by atoms with E-state index in [1.54, 1.807) is 4.80 Å². The van der Waals surface area contributed by atoms with Gasteiger partial charge in [-0.3, -0.25) is 0 Å². The summed E-state index contributed by atoms with van der Waals surface area (Å²) < 4.78 is 0. The smallest absolute Gasteiger partial charge is 0.164 e. The van der Waals surface area contributed by atoms with Crippen molar-refractivity contribution in [3.05, 3.63) is 66.0 Å². The van der Waals surface area contributed by atoms with Gasteiger partial charge in [0.1, 0.15) is 0 Å². The van der Waals surface area contributed by atoms with Gasteiger partial charge < -0.3 is 0 Å². The van der Waals surface area contributed by atoms with Crippen LogP contribution in [0.3, 0.4) is 0 Å². The van der Waals surface area contributed by atoms with Crippen LogP contribution in [0.1, 0.15) is 82.5 Å². The van der Waals surface area contributed by atoms with Crippen molar-refractivity contribution in [2.45, 2.75) is 84.1 Å². The molecule has 0 saturated carbocycles. The van der Waals surface area contributed by atoms with Crippen molar-refractivity contribution in [1.82, 2.24) is 20.2 Å². The van der Waals surface area contributed by atoms with Gasteiger partial charge in [-0.1, -0.05) is 119 Å². The van der Waals surface area contributed by atoms with E-state index in [2.05, 4.69) is 70.9 Å². The highest BCUT2D eigenvalue weighted by Gasteiger charge is 2.05. The Balaban J connectivity index is 1.32. The maximum absolute atomic E-state index is 4.56. The standard InChI is InChI=1S/C26H36N4/c1-2-3-4-5-6-7-8-9-10-14-21-30-28-26(27-29-30)22-23-17-19-25(20-18-23)24-15-12-11-13-16-24/h11-13,15-20H,2-10,14,21-22H2,1H3. The second kappa shape index (κ2) is 12.9. The topological polar surface area (TPSA) is 43.6 Å². The molecule has 0 radical (unpaired) electrons. The summed E-state index contributed by atoms with van der Waals surface area (Å²) in [5, 5.41) is 13.0. The van der Waals surface area contributed by atoms with Crippen LogP contribution in [-0.2, 0) is 13.0 Å². The first-order valence-corrected chi connectivity index (χ1v) is 11.8. The van der Waals surface area contributed by atoms with Crippen LogP contribution in [0.2, 0.25) is 0 Å². The minimum atomic E-state index is 0.729. The lowest BCUT2D eigenvalue weighted by Gasteiger charge is -2.03. The fourth-order valence-corrected chi connectivity index (χ4v) is 3.81. The maximum atomic E-state index is 4.56. The normalized spacial score (nSPS) is 11.1. The van der Waals surface area contributed by atoms with Gasteiger partial charge >= 0.3 is 0 Å². The molecular formula is C26H36N4. The predicted molar refractivity (Wildman–Crippen MR) is 124 cm³/mol. The van der Waals surface area contributed by atoms with Gasteiger partial charge in [-0.15, -0.1) is 10.2 Å². The maximum Gasteiger partial charge on any atom is 0.179 e. The summed E-state index contributed by atoms with van der Waals surface area (Å²) in [6.45, 7) is 3.15. The van der Waals surface area contributed by atoms with Crippen molar-refractivity contribution < 1.29 is 0 Å². The minimum Gasteiger partial charge on any atom is -0.164 e. The molecule has 0 spiro atoms. The van der Waals surface area contributed by atoms with Crippen LogP contribution in [0.25, 0.3) is 11.1 Å². The zero-order valence-electron chi connectivity index (χ0n) is 18.5. The first-order chi connectivity index (χ1) is 14.8. The van der Waals surface area contributed by atoms with E-state index in [0.29, 0.717) is 0 Å². The molecule has 0 amide bonds. The minimum absolute atomic E-state index is 0.729. The van der Waals surface area contributed by atoms with Gasteiger partial charge in [-0.2, -0.15) is 4.80 Å². The van der Waals surface area contributed by atoms with Gasteiger partial charge in [-0.25, -0.2) is 0 Å². The van der Waals surface area contributed by atoms with Crippen LogP contribution in [0.5, 0.6) is 0 Å². The average molecular weight is 405 g/mol. The summed E-state index contributed by atoms with van der Waals surface area (Å²) in [5.74, 6) is 0.801. The zero-order chi connectivity index (χ0) is 20.9. The number of nitrogens with zero attached hydrogens (tertiary/aromatic N) is 4. The van der Waals surface area contributed by atoms with Crippen molar-refractivity contribution in [2.75, 3.05) is 0 Å². The number of unbranched alkanes of at least 4 members (excludes halogenated alkanes) is 9. The molecule has 0 saturated heterocycles. The van der Waals surface area contributed by atoms with E-state index in [1.807, 2.05) is 6.07 Å². The first-order valence-electron chi connectivity index (χ1n) is 11.8. The fraction of sp³-hybridized carbons (Fsp3) is 0.500. The van der Waals surface area contributed by atoms with Crippen LogP contribution in [-0.4, -0.2) is 20.2 Å². The molecule has 0 bridgehead atoms. The Labute approximate surface area is 181 Å². The molecule has 2 aromatic carbocycles. The molecule has 160 valence electrons. The SMILES string of the molecule is CCCCCCCCCCCCn1nnc(Cc2ccc(-c3ccccc3)cc2)n1. The first kappa shape index (κ1) is 22.2. The zero-order valence-corrected chi connectivity index (χ0v) is 18.5. The molecule has 4 heteroatoms. The van der Waals surface area contributed by atoms with E-state index in [9.17, 15) is 0 Å². The number of hydrogen-bond acceptors (Lipinski definition) is 3. The molecule has 1 heterocycles. The molecule has 30 heavy (non-hydrogen) atoms. The summed E-state index contributed by atoms with van der Waals surface area (Å²) in [7, 11) is 0. The van der Waals surface area contributed by atoms with E-state index >= 15 is 0 Å². The highest BCUT2D eigenvalue weighted by molar-refractivity contribution is 5.63. The number of aromatic nitrogens is 4. The second-order valence-corrected chi connectivity index (χ2v) is 8.22. The van der Waals surface area contributed by atoms with Crippen LogP contribution >= 0.6 is 0 Å². The molecule has 3 aromatic rings. The summed E-state index contributed by atoms with van der Waals surface area (Å²) in [6.07, 6.45) is 14.1. The van der Waals surface area contributed by atoms with Crippen molar-refractivity contribution in [1.29, 1.82) is 0 Å². The molecule has 0 aliphatic heterocycles. The largest absolute Gasteiger partial charge is 0.179 e. The quantitative estimate of drug-likeness (QED) is 0.276. The van der Waals surface area contributed by atoms with Gasteiger partial charge in [0, 0.05) is 6.42 Å². The summed E-state index contributed by atoms with van der Waals surface area (Å²) in [6, 6.07) is 19.1. The van der Waals surface area contributed by atoms with Gasteiger partial charge in [0.15, 0.2) is 5.82 Å². The van der Waals surface area contributed by atoms with E-state index in [4.69, 9.17) is 0 Å². The lowest BCUT2D eigenvalue weighted by atomic mass is 10.0. The number of rotatable bonds is 14. The van der Waals surface area contributed by atoms with Gasteiger partial charge in [0.2, 0.25) is 0 Å². The third-order valence-corrected chi connectivity index (χ3v) is 5.63. The fourth-order valence-electron chi connectivity index (χ4n) is 3.81. The Morgan fingerprint density at radius 1 is 0.667 bits per heavy atom. The van der Waals surface area contributed by atoms with Crippen LogP contribution in [0.4, 0.5) is 0 Å². The van der Waals surface area contributed by atoms with E-state index in [0.717, 1.165) is 25.2 Å². The molecule has 0 N–H and O–H groups in total. The van der Waals surface area contributed by atoms with Gasteiger partial charge in [0.25, 0.3) is 0 Å². The van der Waals surface area contributed by atoms with Crippen LogP contribution in [0, 0.1) is 0 Å². The molecule has 0 unspecified atom stereocenters. The lowest BCUT2D eigenvalue weighted by Crippen LogP contribution is -2.03. The van der Waals surface area contributed by atoms with Gasteiger partial charge in [0.05, 0.1) is 6.54 Å². The van der Waals surface area contributed by atoms with Crippen LogP contribution < -0.4 is 0 Å². The molecule has 0 aliphatic rings. The van der Waals surface area contributed by atoms with Crippen LogP contribution in [0.15, 0.2) is 54.6 Å². The predicted octanol–water partition coefficient (Wildman–Crippen LogP) is 6.85. The highest BCUT2D eigenvalue weighted by atomic mass is 15.6. The molecule has 3 rings (SSSR count). The van der Waals surface area contributed by atoms with Crippen molar-refractivity contribution in [2.24, 2.45) is 0 Å². The Morgan fingerprint density at radius 3 is 1.93 bits per heavy atom. The Morgan fingerprint density at radius 2 is 1.27 bits per heavy atom. The monoisotopic (exact) mass is 404 g/mol. The third kappa shape index (κ3) is 7.74. The van der Waals surface area contributed by atoms with E-state index in [-0.39, 0.29) is 0 Å². The van der Waals surface area contributed by atoms with Crippen molar-refractivity contribution in [3.63, 3.8) is 0 Å². The number of benzene rings is 2. The van der Waals surface area contributed by atoms with E-state index < -0.39 is 0 Å². The summed E-state index contributed by atoms with van der Waals surface area (Å²) in [4.78, 5) is 1.76. The van der Waals surface area contributed by atoms with E-state index in [1.165, 1.54) is 74.5 Å². The van der Waals surface area contributed by atoms with Gasteiger partial charge in [-0.05, 0) is 28.3 Å².